The first kappa shape index (κ1) is 14.1. The molecule has 108 valence electrons. The van der Waals surface area contributed by atoms with E-state index in [4.69, 9.17) is 11.6 Å². The number of anilines is 1. The van der Waals surface area contributed by atoms with Gasteiger partial charge in [0.2, 0.25) is 0 Å². The molecule has 0 spiro atoms. The number of hydrogen-bond acceptors (Lipinski definition) is 4. The van der Waals surface area contributed by atoms with E-state index in [9.17, 15) is 13.2 Å². The van der Waals surface area contributed by atoms with Crippen LogP contribution in [-0.2, 0) is 10.0 Å². The van der Waals surface area contributed by atoms with Crippen LogP contribution in [0.25, 0.3) is 10.2 Å². The second kappa shape index (κ2) is 5.18. The molecule has 0 saturated heterocycles. The number of H-pyrrole nitrogens is 1. The Bertz CT molecular complexity index is 959. The number of nitrogens with one attached hydrogen (secondary N) is 2. The quantitative estimate of drug-likeness (QED) is 0.769. The highest BCUT2D eigenvalue weighted by Crippen LogP contribution is 2.22. The van der Waals surface area contributed by atoms with Crippen LogP contribution in [-0.4, -0.2) is 13.4 Å². The number of rotatable bonds is 3. The van der Waals surface area contributed by atoms with Gasteiger partial charge in [0, 0.05) is 10.7 Å². The molecule has 0 aliphatic carbocycles. The van der Waals surface area contributed by atoms with Gasteiger partial charge in [0.25, 0.3) is 10.0 Å². The summed E-state index contributed by atoms with van der Waals surface area (Å²) in [5, 5.41) is 0.525. The van der Waals surface area contributed by atoms with Crippen LogP contribution in [0.2, 0.25) is 5.02 Å². The van der Waals surface area contributed by atoms with Crippen molar-refractivity contribution in [2.24, 2.45) is 0 Å². The van der Waals surface area contributed by atoms with Crippen LogP contribution in [0.15, 0.2) is 52.2 Å². The van der Waals surface area contributed by atoms with E-state index in [2.05, 4.69) is 9.71 Å². The minimum absolute atomic E-state index is 0.0974. The molecule has 1 heterocycles. The molecule has 21 heavy (non-hydrogen) atoms. The predicted molar refractivity (Wildman–Crippen MR) is 84.7 cm³/mol. The van der Waals surface area contributed by atoms with Crippen molar-refractivity contribution in [2.45, 2.75) is 4.90 Å². The smallest absolute Gasteiger partial charge is 0.305 e. The normalized spacial score (nSPS) is 11.7. The van der Waals surface area contributed by atoms with Gasteiger partial charge in [0.15, 0.2) is 0 Å². The minimum atomic E-state index is -3.71. The number of halogens is 1. The molecule has 3 rings (SSSR count). The van der Waals surface area contributed by atoms with Crippen molar-refractivity contribution < 1.29 is 8.42 Å². The summed E-state index contributed by atoms with van der Waals surface area (Å²) in [5.41, 5.74) is 1.04. The molecule has 0 aliphatic heterocycles. The summed E-state index contributed by atoms with van der Waals surface area (Å²) in [6.07, 6.45) is 0. The number of sulfonamides is 1. The zero-order chi connectivity index (χ0) is 15.0. The fourth-order valence-corrected chi connectivity index (χ4v) is 3.89. The third-order valence-corrected chi connectivity index (χ3v) is 5.28. The second-order valence-corrected chi connectivity index (χ2v) is 7.42. The molecule has 0 radical (unpaired) electrons. The Morgan fingerprint density at radius 2 is 1.81 bits per heavy atom. The largest absolute Gasteiger partial charge is 0.312 e. The van der Waals surface area contributed by atoms with E-state index in [0.717, 1.165) is 11.3 Å². The Labute approximate surface area is 129 Å². The van der Waals surface area contributed by atoms with E-state index < -0.39 is 10.0 Å². The standard InChI is InChI=1S/C13H9ClN2O3S2/c14-8-1-3-9(4-2-8)16-21(18,19)10-5-6-11-12(7-10)20-13(17)15-11/h1-7,16H,(H,15,17). The van der Waals surface area contributed by atoms with Crippen molar-refractivity contribution in [2.75, 3.05) is 4.72 Å². The van der Waals surface area contributed by atoms with Gasteiger partial charge in [-0.1, -0.05) is 22.9 Å². The van der Waals surface area contributed by atoms with Crippen LogP contribution in [0.4, 0.5) is 5.69 Å². The van der Waals surface area contributed by atoms with Gasteiger partial charge in [-0.25, -0.2) is 8.42 Å². The fourth-order valence-electron chi connectivity index (χ4n) is 1.82. The van der Waals surface area contributed by atoms with Crippen molar-refractivity contribution >= 4 is 48.9 Å². The lowest BCUT2D eigenvalue weighted by molar-refractivity contribution is 0.601. The van der Waals surface area contributed by atoms with Crippen molar-refractivity contribution in [3.05, 3.63) is 57.2 Å². The molecule has 0 amide bonds. The van der Waals surface area contributed by atoms with E-state index in [1.165, 1.54) is 12.1 Å². The van der Waals surface area contributed by atoms with Gasteiger partial charge < -0.3 is 4.98 Å². The van der Waals surface area contributed by atoms with Gasteiger partial charge in [-0.3, -0.25) is 9.52 Å². The summed E-state index contributed by atoms with van der Waals surface area (Å²) in [7, 11) is -3.71. The van der Waals surface area contributed by atoms with Crippen LogP contribution in [0.1, 0.15) is 0 Å². The third kappa shape index (κ3) is 2.94. The molecule has 3 aromatic rings. The molecule has 0 fully saturated rings. The van der Waals surface area contributed by atoms with Gasteiger partial charge in [0.05, 0.1) is 15.1 Å². The average Bonchev–Trinajstić information content (AvgIpc) is 2.80. The first-order chi connectivity index (χ1) is 9.94. The molecular weight excluding hydrogens is 332 g/mol. The lowest BCUT2D eigenvalue weighted by Crippen LogP contribution is -2.12. The van der Waals surface area contributed by atoms with Crippen molar-refractivity contribution in [3.63, 3.8) is 0 Å². The molecule has 1 aromatic heterocycles. The van der Waals surface area contributed by atoms with E-state index in [1.54, 1.807) is 30.3 Å². The molecular formula is C13H9ClN2O3S2. The van der Waals surface area contributed by atoms with E-state index in [1.807, 2.05) is 0 Å². The Morgan fingerprint density at radius 3 is 2.52 bits per heavy atom. The highest BCUT2D eigenvalue weighted by Gasteiger charge is 2.15. The number of hydrogen-bond donors (Lipinski definition) is 2. The molecule has 8 heteroatoms. The summed E-state index contributed by atoms with van der Waals surface area (Å²) >= 11 is 6.73. The van der Waals surface area contributed by atoms with Crippen LogP contribution in [0.3, 0.4) is 0 Å². The van der Waals surface area contributed by atoms with Crippen LogP contribution >= 0.6 is 22.9 Å². The second-order valence-electron chi connectivity index (χ2n) is 4.28. The highest BCUT2D eigenvalue weighted by atomic mass is 35.5. The molecule has 0 bridgehead atoms. The van der Waals surface area contributed by atoms with Crippen molar-refractivity contribution in [1.82, 2.24) is 4.98 Å². The minimum Gasteiger partial charge on any atom is -0.312 e. The predicted octanol–water partition coefficient (Wildman–Crippen LogP) is 3.04. The Hall–Kier alpha value is -1.83. The summed E-state index contributed by atoms with van der Waals surface area (Å²) in [6.45, 7) is 0. The topological polar surface area (TPSA) is 79.0 Å². The fraction of sp³-hybridized carbons (Fsp3) is 0. The zero-order valence-electron chi connectivity index (χ0n) is 10.5. The average molecular weight is 341 g/mol. The zero-order valence-corrected chi connectivity index (χ0v) is 12.8. The number of benzene rings is 2. The maximum Gasteiger partial charge on any atom is 0.305 e. The molecule has 2 N–H and O–H groups in total. The molecule has 0 unspecified atom stereocenters. The van der Waals surface area contributed by atoms with E-state index in [-0.39, 0.29) is 9.77 Å². The van der Waals surface area contributed by atoms with Gasteiger partial charge in [-0.2, -0.15) is 0 Å². The molecule has 0 saturated carbocycles. The lowest BCUT2D eigenvalue weighted by atomic mass is 10.3. The Morgan fingerprint density at radius 1 is 1.10 bits per heavy atom. The Balaban J connectivity index is 1.99. The van der Waals surface area contributed by atoms with Crippen LogP contribution < -0.4 is 9.60 Å². The van der Waals surface area contributed by atoms with Gasteiger partial charge in [-0.15, -0.1) is 0 Å². The third-order valence-electron chi connectivity index (χ3n) is 2.80. The molecule has 2 aromatic carbocycles. The van der Waals surface area contributed by atoms with Crippen molar-refractivity contribution in [1.29, 1.82) is 0 Å². The van der Waals surface area contributed by atoms with Crippen LogP contribution in [0.5, 0.6) is 0 Å². The van der Waals surface area contributed by atoms with E-state index in [0.29, 0.717) is 20.9 Å². The first-order valence-corrected chi connectivity index (χ1v) is 8.53. The molecule has 0 aliphatic rings. The molecule has 5 nitrogen and oxygen atoms in total. The van der Waals surface area contributed by atoms with Gasteiger partial charge >= 0.3 is 4.87 Å². The van der Waals surface area contributed by atoms with Gasteiger partial charge in [0.1, 0.15) is 0 Å². The van der Waals surface area contributed by atoms with Crippen LogP contribution in [0, 0.1) is 0 Å². The lowest BCUT2D eigenvalue weighted by Gasteiger charge is -2.08. The summed E-state index contributed by atoms with van der Waals surface area (Å²) in [6, 6.07) is 10.8. The van der Waals surface area contributed by atoms with Gasteiger partial charge in [-0.05, 0) is 42.5 Å². The number of aromatic amines is 1. The summed E-state index contributed by atoms with van der Waals surface area (Å²) in [5.74, 6) is 0. The summed E-state index contributed by atoms with van der Waals surface area (Å²) in [4.78, 5) is 13.8. The molecule has 0 atom stereocenters. The Kier molecular flexibility index (Phi) is 3.48. The highest BCUT2D eigenvalue weighted by molar-refractivity contribution is 7.92. The maximum absolute atomic E-state index is 12.3. The van der Waals surface area contributed by atoms with Crippen molar-refractivity contribution in [3.8, 4) is 0 Å². The first-order valence-electron chi connectivity index (χ1n) is 5.85. The number of thiazole rings is 1. The number of aromatic nitrogens is 1. The SMILES string of the molecule is O=c1[nH]c2ccc(S(=O)(=O)Nc3ccc(Cl)cc3)cc2s1. The maximum atomic E-state index is 12.3. The monoisotopic (exact) mass is 340 g/mol. The number of fused-ring (bicyclic) bond motifs is 1. The summed E-state index contributed by atoms with van der Waals surface area (Å²) < 4.78 is 27.7. The van der Waals surface area contributed by atoms with E-state index >= 15 is 0 Å².